The first kappa shape index (κ1) is 17.3. The average Bonchev–Trinajstić information content (AvgIpc) is 2.48. The van der Waals surface area contributed by atoms with E-state index in [9.17, 15) is 9.59 Å². The van der Waals surface area contributed by atoms with Crippen LogP contribution in [-0.4, -0.2) is 42.6 Å². The van der Waals surface area contributed by atoms with E-state index in [4.69, 9.17) is 9.47 Å². The normalized spacial score (nSPS) is 18.7. The molecule has 23 heavy (non-hydrogen) atoms. The van der Waals surface area contributed by atoms with E-state index in [0.717, 1.165) is 11.3 Å². The Labute approximate surface area is 137 Å². The monoisotopic (exact) mass is 319 g/mol. The Morgan fingerprint density at radius 2 is 2.00 bits per heavy atom. The Balaban J connectivity index is 2.06. The maximum absolute atomic E-state index is 12.2. The summed E-state index contributed by atoms with van der Waals surface area (Å²) < 4.78 is 10.8. The van der Waals surface area contributed by atoms with E-state index in [1.165, 1.54) is 0 Å². The van der Waals surface area contributed by atoms with Crippen molar-refractivity contribution < 1.29 is 19.1 Å². The van der Waals surface area contributed by atoms with Gasteiger partial charge < -0.3 is 14.4 Å². The molecular formula is C18H25NO4. The second kappa shape index (κ2) is 7.02. The first-order valence-corrected chi connectivity index (χ1v) is 7.92. The molecule has 1 heterocycles. The van der Waals surface area contributed by atoms with Crippen molar-refractivity contribution in [2.24, 2.45) is 5.92 Å². The van der Waals surface area contributed by atoms with Crippen LogP contribution in [0.15, 0.2) is 24.3 Å². The molecule has 5 nitrogen and oxygen atoms in total. The number of nitrogens with zero attached hydrogens (tertiary/aromatic N) is 1. The molecular weight excluding hydrogens is 294 g/mol. The zero-order valence-corrected chi connectivity index (χ0v) is 14.3. The molecule has 0 saturated carbocycles. The molecule has 1 saturated heterocycles. The summed E-state index contributed by atoms with van der Waals surface area (Å²) in [6.45, 7) is 6.34. The van der Waals surface area contributed by atoms with Crippen LogP contribution in [-0.2, 0) is 16.0 Å². The minimum absolute atomic E-state index is 0.190. The fourth-order valence-corrected chi connectivity index (χ4v) is 2.72. The van der Waals surface area contributed by atoms with E-state index in [1.807, 2.05) is 45.0 Å². The van der Waals surface area contributed by atoms with E-state index in [1.54, 1.807) is 12.0 Å². The molecule has 0 radical (unpaired) electrons. The third kappa shape index (κ3) is 4.71. The molecule has 0 aliphatic carbocycles. The molecule has 0 N–H and O–H groups in total. The SMILES string of the molecule is COc1ccccc1C[C@H]1CN(C(=O)OC(C)(C)C)CCC1=O. The summed E-state index contributed by atoms with van der Waals surface area (Å²) in [6.07, 6.45) is 0.594. The summed E-state index contributed by atoms with van der Waals surface area (Å²) in [5.74, 6) is 0.748. The second-order valence-corrected chi connectivity index (χ2v) is 6.86. The van der Waals surface area contributed by atoms with Crippen molar-refractivity contribution in [3.05, 3.63) is 29.8 Å². The van der Waals surface area contributed by atoms with Crippen molar-refractivity contribution in [1.82, 2.24) is 4.90 Å². The van der Waals surface area contributed by atoms with Crippen molar-refractivity contribution in [2.75, 3.05) is 20.2 Å². The van der Waals surface area contributed by atoms with Crippen LogP contribution in [0.1, 0.15) is 32.8 Å². The van der Waals surface area contributed by atoms with Crippen molar-refractivity contribution in [2.45, 2.75) is 39.2 Å². The molecule has 1 fully saturated rings. The molecule has 126 valence electrons. The molecule has 5 heteroatoms. The van der Waals surface area contributed by atoms with Crippen LogP contribution in [0.2, 0.25) is 0 Å². The van der Waals surface area contributed by atoms with Gasteiger partial charge in [0.15, 0.2) is 0 Å². The predicted octanol–water partition coefficient (Wildman–Crippen LogP) is 3.06. The highest BCUT2D eigenvalue weighted by molar-refractivity contribution is 5.84. The van der Waals surface area contributed by atoms with E-state index >= 15 is 0 Å². The number of methoxy groups -OCH3 is 1. The number of carbonyl (C=O) groups is 2. The van der Waals surface area contributed by atoms with Gasteiger partial charge in [-0.05, 0) is 38.8 Å². The highest BCUT2D eigenvalue weighted by Gasteiger charge is 2.32. The summed E-state index contributed by atoms with van der Waals surface area (Å²) in [6, 6.07) is 7.67. The Kier molecular flexibility index (Phi) is 5.29. The highest BCUT2D eigenvalue weighted by Crippen LogP contribution is 2.25. The number of hydrogen-bond acceptors (Lipinski definition) is 4. The quantitative estimate of drug-likeness (QED) is 0.859. The number of Topliss-reactive ketones (excluding diaryl/α,β-unsaturated/α-hetero) is 1. The molecule has 1 aromatic rings. The fraction of sp³-hybridized carbons (Fsp3) is 0.556. The van der Waals surface area contributed by atoms with Gasteiger partial charge in [0.2, 0.25) is 0 Å². The van der Waals surface area contributed by atoms with Crippen LogP contribution in [0.25, 0.3) is 0 Å². The third-order valence-electron chi connectivity index (χ3n) is 3.83. The summed E-state index contributed by atoms with van der Waals surface area (Å²) in [5.41, 5.74) is 0.454. The van der Waals surface area contributed by atoms with Crippen LogP contribution in [0, 0.1) is 5.92 Å². The maximum Gasteiger partial charge on any atom is 0.410 e. The number of hydrogen-bond donors (Lipinski definition) is 0. The Bertz CT molecular complexity index is 577. The van der Waals surface area contributed by atoms with Crippen LogP contribution in [0.4, 0.5) is 4.79 Å². The average molecular weight is 319 g/mol. The zero-order valence-electron chi connectivity index (χ0n) is 14.3. The van der Waals surface area contributed by atoms with Gasteiger partial charge >= 0.3 is 6.09 Å². The van der Waals surface area contributed by atoms with Gasteiger partial charge in [0, 0.05) is 25.4 Å². The highest BCUT2D eigenvalue weighted by atomic mass is 16.6. The fourth-order valence-electron chi connectivity index (χ4n) is 2.72. The van der Waals surface area contributed by atoms with Gasteiger partial charge in [-0.3, -0.25) is 4.79 Å². The molecule has 1 aromatic carbocycles. The van der Waals surface area contributed by atoms with Crippen molar-refractivity contribution in [1.29, 1.82) is 0 Å². The van der Waals surface area contributed by atoms with E-state index in [-0.39, 0.29) is 17.8 Å². The van der Waals surface area contributed by atoms with Crippen LogP contribution in [0.5, 0.6) is 5.75 Å². The number of carbonyl (C=O) groups excluding carboxylic acids is 2. The van der Waals surface area contributed by atoms with Gasteiger partial charge in [-0.15, -0.1) is 0 Å². The van der Waals surface area contributed by atoms with E-state index in [0.29, 0.717) is 25.9 Å². The lowest BCUT2D eigenvalue weighted by Crippen LogP contribution is -2.46. The number of piperidine rings is 1. The number of ether oxygens (including phenoxy) is 2. The summed E-state index contributed by atoms with van der Waals surface area (Å²) in [7, 11) is 1.62. The van der Waals surface area contributed by atoms with E-state index < -0.39 is 5.60 Å². The lowest BCUT2D eigenvalue weighted by atomic mass is 9.90. The molecule has 2 rings (SSSR count). The standard InChI is InChI=1S/C18H25NO4/c1-18(2,3)23-17(21)19-10-9-15(20)14(12-19)11-13-7-5-6-8-16(13)22-4/h5-8,14H,9-12H2,1-4H3/t14-/m0/s1. The number of ketones is 1. The summed E-state index contributed by atoms with van der Waals surface area (Å²) in [5, 5.41) is 0. The van der Waals surface area contributed by atoms with Crippen molar-refractivity contribution >= 4 is 11.9 Å². The Morgan fingerprint density at radius 3 is 2.65 bits per heavy atom. The zero-order chi connectivity index (χ0) is 17.0. The van der Waals surface area contributed by atoms with E-state index in [2.05, 4.69) is 0 Å². The Hall–Kier alpha value is -2.04. The van der Waals surface area contributed by atoms with Gasteiger partial charge in [0.25, 0.3) is 0 Å². The first-order valence-electron chi connectivity index (χ1n) is 7.92. The lowest BCUT2D eigenvalue weighted by Gasteiger charge is -2.33. The molecule has 1 aliphatic rings. The largest absolute Gasteiger partial charge is 0.496 e. The number of likely N-dealkylation sites (tertiary alicyclic amines) is 1. The minimum atomic E-state index is -0.531. The molecule has 1 aliphatic heterocycles. The lowest BCUT2D eigenvalue weighted by molar-refractivity contribution is -0.125. The van der Waals surface area contributed by atoms with Crippen LogP contribution in [0.3, 0.4) is 0 Å². The molecule has 0 unspecified atom stereocenters. The summed E-state index contributed by atoms with van der Waals surface area (Å²) in [4.78, 5) is 26.1. The van der Waals surface area contributed by atoms with Crippen LogP contribution >= 0.6 is 0 Å². The molecule has 0 spiro atoms. The Morgan fingerprint density at radius 1 is 1.30 bits per heavy atom. The number of amides is 1. The molecule has 1 amide bonds. The minimum Gasteiger partial charge on any atom is -0.496 e. The topological polar surface area (TPSA) is 55.8 Å². The van der Waals surface area contributed by atoms with Crippen LogP contribution < -0.4 is 4.74 Å². The molecule has 0 bridgehead atoms. The number of rotatable bonds is 3. The van der Waals surface area contributed by atoms with Gasteiger partial charge in [-0.2, -0.15) is 0 Å². The van der Waals surface area contributed by atoms with Gasteiger partial charge in [0.05, 0.1) is 7.11 Å². The molecule has 1 atom stereocenters. The van der Waals surface area contributed by atoms with Gasteiger partial charge in [-0.25, -0.2) is 4.79 Å². The molecule has 0 aromatic heterocycles. The number of benzene rings is 1. The van der Waals surface area contributed by atoms with Gasteiger partial charge in [-0.1, -0.05) is 18.2 Å². The third-order valence-corrected chi connectivity index (χ3v) is 3.83. The summed E-state index contributed by atoms with van der Waals surface area (Å²) >= 11 is 0. The predicted molar refractivity (Wildman–Crippen MR) is 87.6 cm³/mol. The second-order valence-electron chi connectivity index (χ2n) is 6.86. The number of para-hydroxylation sites is 1. The van der Waals surface area contributed by atoms with Crippen molar-refractivity contribution in [3.63, 3.8) is 0 Å². The van der Waals surface area contributed by atoms with Crippen molar-refractivity contribution in [3.8, 4) is 5.75 Å². The maximum atomic E-state index is 12.2. The first-order chi connectivity index (χ1) is 10.8. The smallest absolute Gasteiger partial charge is 0.410 e. The van der Waals surface area contributed by atoms with Gasteiger partial charge in [0.1, 0.15) is 17.1 Å².